The van der Waals surface area contributed by atoms with E-state index in [9.17, 15) is 30.6 Å². The second-order valence-electron chi connectivity index (χ2n) is 5.27. The van der Waals surface area contributed by atoms with Crippen LogP contribution in [0, 0.1) is 0 Å². The van der Waals surface area contributed by atoms with Gasteiger partial charge in [-0.1, -0.05) is 18.2 Å². The Hall–Kier alpha value is -3.74. The average Bonchev–Trinajstić information content (AvgIpc) is 2.53. The molecular formula is C18H15NO6. The van der Waals surface area contributed by atoms with Crippen LogP contribution in [0.1, 0.15) is 0 Å². The molecule has 0 bridgehead atoms. The fraction of sp³-hybridized carbons (Fsp3) is 0. The summed E-state index contributed by atoms with van der Waals surface area (Å²) in [5.74, 6) is -2.39. The zero-order valence-electron chi connectivity index (χ0n) is 12.8. The summed E-state index contributed by atoms with van der Waals surface area (Å²) >= 11 is 0. The van der Waals surface area contributed by atoms with E-state index in [1.807, 2.05) is 0 Å². The summed E-state index contributed by atoms with van der Waals surface area (Å²) in [5, 5.41) is 61.3. The predicted molar refractivity (Wildman–Crippen MR) is 91.1 cm³/mol. The number of para-hydroxylation sites is 3. The Morgan fingerprint density at radius 1 is 0.400 bits per heavy atom. The van der Waals surface area contributed by atoms with Crippen molar-refractivity contribution in [2.45, 2.75) is 0 Å². The fourth-order valence-electron chi connectivity index (χ4n) is 2.58. The van der Waals surface area contributed by atoms with Gasteiger partial charge >= 0.3 is 0 Å². The highest BCUT2D eigenvalue weighted by Gasteiger charge is 2.28. The maximum atomic E-state index is 10.2. The number of rotatable bonds is 3. The van der Waals surface area contributed by atoms with Crippen molar-refractivity contribution in [1.29, 1.82) is 0 Å². The molecule has 6 N–H and O–H groups in total. The first-order chi connectivity index (χ1) is 11.9. The van der Waals surface area contributed by atoms with Crippen LogP contribution in [0.4, 0.5) is 17.1 Å². The third kappa shape index (κ3) is 2.67. The van der Waals surface area contributed by atoms with E-state index in [-0.39, 0.29) is 17.1 Å². The molecule has 3 aromatic rings. The van der Waals surface area contributed by atoms with Crippen LogP contribution in [0.3, 0.4) is 0 Å². The molecule has 0 radical (unpaired) electrons. The number of hydrogen-bond donors (Lipinski definition) is 6. The van der Waals surface area contributed by atoms with Crippen LogP contribution >= 0.6 is 0 Å². The molecule has 3 aromatic carbocycles. The summed E-state index contributed by atoms with van der Waals surface area (Å²) in [5.41, 5.74) is -0.719. The van der Waals surface area contributed by atoms with Crippen molar-refractivity contribution in [2.24, 2.45) is 0 Å². The van der Waals surface area contributed by atoms with E-state index in [1.165, 1.54) is 54.6 Å². The molecule has 0 amide bonds. The molecule has 0 aliphatic carbocycles. The molecule has 0 fully saturated rings. The largest absolute Gasteiger partial charge is 0.506 e. The maximum absolute atomic E-state index is 10.2. The highest BCUT2D eigenvalue weighted by molar-refractivity contribution is 5.92. The summed E-state index contributed by atoms with van der Waals surface area (Å²) in [6.45, 7) is 0. The van der Waals surface area contributed by atoms with E-state index >= 15 is 0 Å². The Bertz CT molecular complexity index is 758. The van der Waals surface area contributed by atoms with E-state index in [4.69, 9.17) is 0 Å². The molecule has 25 heavy (non-hydrogen) atoms. The Morgan fingerprint density at radius 2 is 0.600 bits per heavy atom. The molecular weight excluding hydrogens is 326 g/mol. The van der Waals surface area contributed by atoms with Gasteiger partial charge in [0.25, 0.3) is 0 Å². The van der Waals surface area contributed by atoms with Crippen molar-refractivity contribution in [3.63, 3.8) is 0 Å². The zero-order valence-corrected chi connectivity index (χ0v) is 12.8. The molecule has 0 atom stereocenters. The number of anilines is 3. The topological polar surface area (TPSA) is 125 Å². The number of aromatic hydroxyl groups is 6. The first-order valence-corrected chi connectivity index (χ1v) is 7.24. The van der Waals surface area contributed by atoms with Gasteiger partial charge in [0.2, 0.25) is 0 Å². The smallest absolute Gasteiger partial charge is 0.143 e. The summed E-state index contributed by atoms with van der Waals surface area (Å²) in [6, 6.07) is 11.8. The lowest BCUT2D eigenvalue weighted by Crippen LogP contribution is -2.11. The molecule has 0 aliphatic heterocycles. The van der Waals surface area contributed by atoms with Crippen LogP contribution in [0.5, 0.6) is 34.5 Å². The molecule has 7 nitrogen and oxygen atoms in total. The summed E-state index contributed by atoms with van der Waals surface area (Å²) in [4.78, 5) is 0.972. The zero-order chi connectivity index (χ0) is 18.1. The standard InChI is InChI=1S/C18H15NO6/c20-10-4-1-5-11(21)16(10)19(17-12(22)6-2-7-13(17)23)18-14(24)8-3-9-15(18)25/h1-9,20-25H. The van der Waals surface area contributed by atoms with E-state index in [2.05, 4.69) is 0 Å². The van der Waals surface area contributed by atoms with Crippen molar-refractivity contribution in [1.82, 2.24) is 0 Å². The summed E-state index contributed by atoms with van der Waals surface area (Å²) in [7, 11) is 0. The van der Waals surface area contributed by atoms with Crippen molar-refractivity contribution in [3.8, 4) is 34.5 Å². The van der Waals surface area contributed by atoms with Gasteiger partial charge in [-0.15, -0.1) is 0 Å². The normalized spacial score (nSPS) is 10.6. The number of hydrogen-bond acceptors (Lipinski definition) is 7. The summed E-state index contributed by atoms with van der Waals surface area (Å²) in [6.07, 6.45) is 0. The van der Waals surface area contributed by atoms with Crippen LogP contribution in [0.15, 0.2) is 54.6 Å². The van der Waals surface area contributed by atoms with Crippen molar-refractivity contribution < 1.29 is 30.6 Å². The molecule has 7 heteroatoms. The average molecular weight is 341 g/mol. The molecule has 0 saturated heterocycles. The Balaban J connectivity index is 2.42. The van der Waals surface area contributed by atoms with Gasteiger partial charge in [0.1, 0.15) is 51.6 Å². The van der Waals surface area contributed by atoms with Gasteiger partial charge in [-0.2, -0.15) is 0 Å². The van der Waals surface area contributed by atoms with Gasteiger partial charge in [0, 0.05) is 0 Å². The van der Waals surface area contributed by atoms with Gasteiger partial charge in [0.15, 0.2) is 0 Å². The second kappa shape index (κ2) is 6.04. The summed E-state index contributed by atoms with van der Waals surface area (Å²) < 4.78 is 0. The van der Waals surface area contributed by atoms with Crippen LogP contribution in [-0.4, -0.2) is 30.6 Å². The lowest BCUT2D eigenvalue weighted by molar-refractivity contribution is 0.440. The van der Waals surface area contributed by atoms with Crippen LogP contribution in [-0.2, 0) is 0 Å². The highest BCUT2D eigenvalue weighted by atomic mass is 16.3. The van der Waals surface area contributed by atoms with Gasteiger partial charge in [-0.25, -0.2) is 0 Å². The lowest BCUT2D eigenvalue weighted by Gasteiger charge is -2.28. The molecule has 3 rings (SSSR count). The minimum Gasteiger partial charge on any atom is -0.506 e. The third-order valence-corrected chi connectivity index (χ3v) is 3.65. The number of phenolic OH excluding ortho intramolecular Hbond substituents is 6. The highest BCUT2D eigenvalue weighted by Crippen LogP contribution is 2.54. The number of phenols is 6. The third-order valence-electron chi connectivity index (χ3n) is 3.65. The molecule has 0 saturated carbocycles. The second-order valence-corrected chi connectivity index (χ2v) is 5.27. The van der Waals surface area contributed by atoms with Crippen LogP contribution < -0.4 is 4.90 Å². The minimum atomic E-state index is -0.398. The van der Waals surface area contributed by atoms with Crippen molar-refractivity contribution in [2.75, 3.05) is 4.90 Å². The number of nitrogens with zero attached hydrogens (tertiary/aromatic N) is 1. The Labute approximate surface area is 142 Å². The Morgan fingerprint density at radius 3 is 0.800 bits per heavy atom. The fourth-order valence-corrected chi connectivity index (χ4v) is 2.58. The molecule has 0 spiro atoms. The number of benzene rings is 3. The van der Waals surface area contributed by atoms with Gasteiger partial charge in [-0.3, -0.25) is 4.90 Å². The minimum absolute atomic E-state index is 0.240. The van der Waals surface area contributed by atoms with Gasteiger partial charge < -0.3 is 30.6 Å². The Kier molecular flexibility index (Phi) is 3.90. The predicted octanol–water partition coefficient (Wildman–Crippen LogP) is 3.39. The SMILES string of the molecule is Oc1cccc(O)c1N(c1c(O)cccc1O)c1c(O)cccc1O. The van der Waals surface area contributed by atoms with Gasteiger partial charge in [-0.05, 0) is 36.4 Å². The molecule has 128 valence electrons. The van der Waals surface area contributed by atoms with E-state index < -0.39 is 34.5 Å². The molecule has 0 unspecified atom stereocenters. The molecule has 0 aromatic heterocycles. The van der Waals surface area contributed by atoms with Crippen LogP contribution in [0.25, 0.3) is 0 Å². The van der Waals surface area contributed by atoms with Gasteiger partial charge in [0.05, 0.1) is 0 Å². The first kappa shape index (κ1) is 16.1. The van der Waals surface area contributed by atoms with Crippen molar-refractivity contribution in [3.05, 3.63) is 54.6 Å². The molecule has 0 heterocycles. The monoisotopic (exact) mass is 341 g/mol. The quantitative estimate of drug-likeness (QED) is 0.431. The van der Waals surface area contributed by atoms with E-state index in [0.29, 0.717) is 0 Å². The molecule has 0 aliphatic rings. The maximum Gasteiger partial charge on any atom is 0.143 e. The first-order valence-electron chi connectivity index (χ1n) is 7.24. The van der Waals surface area contributed by atoms with E-state index in [0.717, 1.165) is 4.90 Å². The van der Waals surface area contributed by atoms with Crippen LogP contribution in [0.2, 0.25) is 0 Å². The van der Waals surface area contributed by atoms with E-state index in [1.54, 1.807) is 0 Å². The lowest BCUT2D eigenvalue weighted by atomic mass is 10.1. The van der Waals surface area contributed by atoms with Crippen molar-refractivity contribution >= 4 is 17.1 Å².